The summed E-state index contributed by atoms with van der Waals surface area (Å²) in [6, 6.07) is -0.198. The normalized spacial score (nSPS) is 19.8. The highest BCUT2D eigenvalue weighted by atomic mass is 16.1. The highest BCUT2D eigenvalue weighted by Crippen LogP contribution is 2.19. The maximum absolute atomic E-state index is 12.3. The van der Waals surface area contributed by atoms with Gasteiger partial charge in [0.25, 0.3) is 5.56 Å². The number of hydrogen-bond acceptors (Lipinski definition) is 4. The standard InChI is InChI=1S/C13H19N3O2/c1-2-7-15-9-6-14-12(13(15)18)16-8-4-3-5-11(16)10-17/h6,9-11H,2-5,7-8H2,1H3. The summed E-state index contributed by atoms with van der Waals surface area (Å²) < 4.78 is 1.67. The van der Waals surface area contributed by atoms with Crippen LogP contribution in [0.3, 0.4) is 0 Å². The molecule has 2 heterocycles. The summed E-state index contributed by atoms with van der Waals surface area (Å²) in [5.41, 5.74) is -0.0897. The molecule has 0 N–H and O–H groups in total. The molecule has 0 radical (unpaired) electrons. The molecule has 1 aromatic heterocycles. The van der Waals surface area contributed by atoms with Crippen molar-refractivity contribution in [2.45, 2.75) is 45.2 Å². The second kappa shape index (κ2) is 5.80. The summed E-state index contributed by atoms with van der Waals surface area (Å²) >= 11 is 0. The van der Waals surface area contributed by atoms with Gasteiger partial charge in [0.2, 0.25) is 0 Å². The van der Waals surface area contributed by atoms with Crippen LogP contribution in [0, 0.1) is 0 Å². The lowest BCUT2D eigenvalue weighted by Crippen LogP contribution is -2.44. The van der Waals surface area contributed by atoms with Gasteiger partial charge < -0.3 is 14.3 Å². The molecule has 0 spiro atoms. The minimum absolute atomic E-state index is 0.0897. The topological polar surface area (TPSA) is 55.2 Å². The van der Waals surface area contributed by atoms with Crippen molar-refractivity contribution >= 4 is 12.1 Å². The maximum Gasteiger partial charge on any atom is 0.293 e. The number of anilines is 1. The Balaban J connectivity index is 2.34. The first-order valence-electron chi connectivity index (χ1n) is 6.55. The van der Waals surface area contributed by atoms with Crippen LogP contribution in [0.4, 0.5) is 5.82 Å². The Kier molecular flexibility index (Phi) is 4.12. The van der Waals surface area contributed by atoms with Crippen LogP contribution in [-0.4, -0.2) is 28.4 Å². The number of rotatable bonds is 4. The molecule has 2 rings (SSSR count). The lowest BCUT2D eigenvalue weighted by atomic mass is 10.0. The van der Waals surface area contributed by atoms with E-state index < -0.39 is 0 Å². The molecule has 1 atom stereocenters. The van der Waals surface area contributed by atoms with Crippen molar-refractivity contribution in [3.63, 3.8) is 0 Å². The van der Waals surface area contributed by atoms with Gasteiger partial charge in [-0.3, -0.25) is 4.79 Å². The smallest absolute Gasteiger partial charge is 0.293 e. The maximum atomic E-state index is 12.3. The van der Waals surface area contributed by atoms with E-state index in [4.69, 9.17) is 0 Å². The molecule has 0 aliphatic carbocycles. The van der Waals surface area contributed by atoms with E-state index in [0.29, 0.717) is 12.4 Å². The van der Waals surface area contributed by atoms with Gasteiger partial charge in [-0.2, -0.15) is 0 Å². The van der Waals surface area contributed by atoms with Gasteiger partial charge in [0.1, 0.15) is 6.29 Å². The number of aromatic nitrogens is 2. The van der Waals surface area contributed by atoms with E-state index >= 15 is 0 Å². The van der Waals surface area contributed by atoms with Gasteiger partial charge in [-0.05, 0) is 25.7 Å². The third-order valence-electron chi connectivity index (χ3n) is 3.34. The van der Waals surface area contributed by atoms with Crippen molar-refractivity contribution in [1.29, 1.82) is 0 Å². The van der Waals surface area contributed by atoms with Gasteiger partial charge in [-0.1, -0.05) is 6.92 Å². The first-order valence-corrected chi connectivity index (χ1v) is 6.55. The van der Waals surface area contributed by atoms with Crippen molar-refractivity contribution in [3.05, 3.63) is 22.7 Å². The van der Waals surface area contributed by atoms with E-state index in [-0.39, 0.29) is 11.6 Å². The number of hydrogen-bond donors (Lipinski definition) is 0. The molecule has 5 heteroatoms. The monoisotopic (exact) mass is 249 g/mol. The van der Waals surface area contributed by atoms with Crippen LogP contribution < -0.4 is 10.5 Å². The first kappa shape index (κ1) is 12.8. The lowest BCUT2D eigenvalue weighted by molar-refractivity contribution is -0.109. The molecule has 0 amide bonds. The number of aryl methyl sites for hydroxylation is 1. The van der Waals surface area contributed by atoms with E-state index in [2.05, 4.69) is 4.98 Å². The summed E-state index contributed by atoms with van der Waals surface area (Å²) in [7, 11) is 0. The number of carbonyl (C=O) groups excluding carboxylic acids is 1. The molecular formula is C13H19N3O2. The molecule has 98 valence electrons. The summed E-state index contributed by atoms with van der Waals surface area (Å²) in [5, 5.41) is 0. The minimum Gasteiger partial charge on any atom is -0.342 e. The Bertz CT molecular complexity index is 470. The molecule has 1 saturated heterocycles. The van der Waals surface area contributed by atoms with Gasteiger partial charge in [0, 0.05) is 25.5 Å². The zero-order valence-electron chi connectivity index (χ0n) is 10.7. The number of aldehydes is 1. The highest BCUT2D eigenvalue weighted by molar-refractivity contribution is 5.64. The molecule has 18 heavy (non-hydrogen) atoms. The lowest BCUT2D eigenvalue weighted by Gasteiger charge is -2.32. The van der Waals surface area contributed by atoms with Crippen molar-refractivity contribution in [2.24, 2.45) is 0 Å². The first-order chi connectivity index (χ1) is 8.77. The van der Waals surface area contributed by atoms with Crippen molar-refractivity contribution in [1.82, 2.24) is 9.55 Å². The molecule has 0 aromatic carbocycles. The van der Waals surface area contributed by atoms with Gasteiger partial charge >= 0.3 is 0 Å². The van der Waals surface area contributed by atoms with E-state index in [1.54, 1.807) is 17.0 Å². The molecule has 5 nitrogen and oxygen atoms in total. The number of nitrogens with zero attached hydrogens (tertiary/aromatic N) is 3. The van der Waals surface area contributed by atoms with Gasteiger partial charge in [-0.15, -0.1) is 0 Å². The molecule has 1 fully saturated rings. The summed E-state index contributed by atoms with van der Waals surface area (Å²) in [5.74, 6) is 0.419. The van der Waals surface area contributed by atoms with Gasteiger partial charge in [0.05, 0.1) is 6.04 Å². The van der Waals surface area contributed by atoms with Crippen LogP contribution >= 0.6 is 0 Å². The molecule has 1 aliphatic rings. The van der Waals surface area contributed by atoms with E-state index in [9.17, 15) is 9.59 Å². The van der Waals surface area contributed by atoms with Crippen LogP contribution in [0.25, 0.3) is 0 Å². The third kappa shape index (κ3) is 2.44. The zero-order valence-corrected chi connectivity index (χ0v) is 10.7. The number of piperidine rings is 1. The quantitative estimate of drug-likeness (QED) is 0.753. The second-order valence-electron chi connectivity index (χ2n) is 4.64. The molecule has 1 aliphatic heterocycles. The van der Waals surface area contributed by atoms with Crippen LogP contribution in [-0.2, 0) is 11.3 Å². The molecular weight excluding hydrogens is 230 g/mol. The summed E-state index contributed by atoms with van der Waals surface area (Å²) in [6.07, 6.45) is 8.04. The summed E-state index contributed by atoms with van der Waals surface area (Å²) in [4.78, 5) is 29.4. The van der Waals surface area contributed by atoms with E-state index in [1.807, 2.05) is 11.8 Å². The van der Waals surface area contributed by atoms with Crippen LogP contribution in [0.2, 0.25) is 0 Å². The van der Waals surface area contributed by atoms with Crippen LogP contribution in [0.5, 0.6) is 0 Å². The minimum atomic E-state index is -0.198. The molecule has 0 bridgehead atoms. The predicted molar refractivity (Wildman–Crippen MR) is 69.8 cm³/mol. The largest absolute Gasteiger partial charge is 0.342 e. The van der Waals surface area contributed by atoms with Crippen molar-refractivity contribution in [3.8, 4) is 0 Å². The Hall–Kier alpha value is -1.65. The molecule has 1 unspecified atom stereocenters. The average Bonchev–Trinajstić information content (AvgIpc) is 2.41. The van der Waals surface area contributed by atoms with Crippen LogP contribution in [0.1, 0.15) is 32.6 Å². The zero-order chi connectivity index (χ0) is 13.0. The SMILES string of the molecule is CCCn1ccnc(N2CCCCC2C=O)c1=O. The number of carbonyl (C=O) groups is 1. The average molecular weight is 249 g/mol. The second-order valence-corrected chi connectivity index (χ2v) is 4.64. The fourth-order valence-electron chi connectivity index (χ4n) is 2.41. The van der Waals surface area contributed by atoms with Gasteiger partial charge in [0.15, 0.2) is 5.82 Å². The van der Waals surface area contributed by atoms with Crippen molar-refractivity contribution in [2.75, 3.05) is 11.4 Å². The Morgan fingerprint density at radius 3 is 3.06 bits per heavy atom. The van der Waals surface area contributed by atoms with Crippen LogP contribution in [0.15, 0.2) is 17.2 Å². The molecule has 1 aromatic rings. The summed E-state index contributed by atoms with van der Waals surface area (Å²) in [6.45, 7) is 3.46. The van der Waals surface area contributed by atoms with Crippen molar-refractivity contribution < 1.29 is 4.79 Å². The highest BCUT2D eigenvalue weighted by Gasteiger charge is 2.25. The van der Waals surface area contributed by atoms with E-state index in [1.165, 1.54) is 0 Å². The Morgan fingerprint density at radius 2 is 2.33 bits per heavy atom. The Labute approximate surface area is 106 Å². The third-order valence-corrected chi connectivity index (χ3v) is 3.34. The fraction of sp³-hybridized carbons (Fsp3) is 0.615. The predicted octanol–water partition coefficient (Wildman–Crippen LogP) is 1.21. The molecule has 0 saturated carbocycles. The van der Waals surface area contributed by atoms with E-state index in [0.717, 1.165) is 38.5 Å². The Morgan fingerprint density at radius 1 is 1.50 bits per heavy atom. The fourth-order valence-corrected chi connectivity index (χ4v) is 2.41. The van der Waals surface area contributed by atoms with Gasteiger partial charge in [-0.25, -0.2) is 4.98 Å².